The van der Waals surface area contributed by atoms with E-state index in [2.05, 4.69) is 17.4 Å². The van der Waals surface area contributed by atoms with Crippen LogP contribution in [0, 0.1) is 5.92 Å². The van der Waals surface area contributed by atoms with Crippen LogP contribution in [0.25, 0.3) is 11.1 Å². The fraction of sp³-hybridized carbons (Fsp3) is 0.400. The van der Waals surface area contributed by atoms with Crippen LogP contribution in [0.4, 0.5) is 11.4 Å². The molecule has 2 fully saturated rings. The van der Waals surface area contributed by atoms with Gasteiger partial charge >= 0.3 is 5.97 Å². The van der Waals surface area contributed by atoms with Gasteiger partial charge in [0.1, 0.15) is 11.5 Å². The van der Waals surface area contributed by atoms with Crippen LogP contribution in [0.1, 0.15) is 37.2 Å². The Hall–Kier alpha value is -4.41. The number of carboxylic acids is 1. The number of aliphatic carboxylic acids is 1. The summed E-state index contributed by atoms with van der Waals surface area (Å²) in [4.78, 5) is 41.8. The highest BCUT2D eigenvalue weighted by molar-refractivity contribution is 6.01. The molecule has 2 atom stereocenters. The summed E-state index contributed by atoms with van der Waals surface area (Å²) in [5.74, 6) is -0.104. The molecule has 0 spiro atoms. The van der Waals surface area contributed by atoms with Gasteiger partial charge in [0, 0.05) is 38.5 Å². The Bertz CT molecular complexity index is 1540. The highest BCUT2D eigenvalue weighted by atomic mass is 16.5. The number of amides is 2. The first kappa shape index (κ1) is 30.6. The average Bonchev–Trinajstić information content (AvgIpc) is 3.90. The molecular weight excluding hydrogens is 574 g/mol. The maximum absolute atomic E-state index is 14.5. The van der Waals surface area contributed by atoms with Crippen molar-refractivity contribution in [1.29, 1.82) is 0 Å². The van der Waals surface area contributed by atoms with Crippen LogP contribution in [-0.4, -0.2) is 75.5 Å². The molecule has 10 nitrogen and oxygen atoms in total. The third kappa shape index (κ3) is 6.97. The molecular formula is C35H39N3O7. The molecule has 0 radical (unpaired) electrons. The Morgan fingerprint density at radius 2 is 1.87 bits per heavy atom. The summed E-state index contributed by atoms with van der Waals surface area (Å²) in [5, 5.41) is 12.3. The van der Waals surface area contributed by atoms with Crippen molar-refractivity contribution < 1.29 is 33.7 Å². The van der Waals surface area contributed by atoms with E-state index < -0.39 is 5.97 Å². The number of methoxy groups -OCH3 is 1. The molecule has 6 rings (SSSR count). The molecule has 3 aromatic carbocycles. The lowest BCUT2D eigenvalue weighted by atomic mass is 9.79. The predicted molar refractivity (Wildman–Crippen MR) is 170 cm³/mol. The Morgan fingerprint density at radius 1 is 1.04 bits per heavy atom. The van der Waals surface area contributed by atoms with E-state index in [0.717, 1.165) is 48.2 Å². The van der Waals surface area contributed by atoms with Crippen LogP contribution in [-0.2, 0) is 19.1 Å². The fourth-order valence-corrected chi connectivity index (χ4v) is 6.34. The molecule has 3 aromatic rings. The van der Waals surface area contributed by atoms with Crippen LogP contribution in [0.15, 0.2) is 66.7 Å². The lowest BCUT2D eigenvalue weighted by Crippen LogP contribution is -2.47. The highest BCUT2D eigenvalue weighted by Gasteiger charge is 2.41. The number of ether oxygens (including phenoxy) is 3. The summed E-state index contributed by atoms with van der Waals surface area (Å²) in [6, 6.07) is 21.6. The topological polar surface area (TPSA) is 118 Å². The molecule has 2 amide bonds. The van der Waals surface area contributed by atoms with Crippen LogP contribution in [0.2, 0.25) is 0 Å². The van der Waals surface area contributed by atoms with Crippen molar-refractivity contribution in [3.8, 4) is 22.6 Å². The van der Waals surface area contributed by atoms with Crippen molar-refractivity contribution >= 4 is 29.2 Å². The van der Waals surface area contributed by atoms with Gasteiger partial charge in [-0.3, -0.25) is 9.59 Å². The number of nitrogens with one attached hydrogen (secondary N) is 1. The van der Waals surface area contributed by atoms with Crippen molar-refractivity contribution in [3.05, 3.63) is 72.3 Å². The van der Waals surface area contributed by atoms with Crippen molar-refractivity contribution in [2.45, 2.75) is 37.6 Å². The van der Waals surface area contributed by atoms with E-state index in [1.807, 2.05) is 47.4 Å². The predicted octanol–water partition coefficient (Wildman–Crippen LogP) is 4.47. The van der Waals surface area contributed by atoms with E-state index in [4.69, 9.17) is 19.3 Å². The first-order valence-electron chi connectivity index (χ1n) is 15.6. The van der Waals surface area contributed by atoms with E-state index >= 15 is 0 Å². The summed E-state index contributed by atoms with van der Waals surface area (Å²) < 4.78 is 16.2. The van der Waals surface area contributed by atoms with Gasteiger partial charge in [-0.15, -0.1) is 0 Å². The third-order valence-electron chi connectivity index (χ3n) is 8.71. The maximum atomic E-state index is 14.5. The zero-order valence-electron chi connectivity index (χ0n) is 25.4. The second-order valence-electron chi connectivity index (χ2n) is 11.8. The molecule has 236 valence electrons. The van der Waals surface area contributed by atoms with Gasteiger partial charge in [-0.25, -0.2) is 4.79 Å². The normalized spacial score (nSPS) is 19.4. The molecule has 2 aliphatic heterocycles. The zero-order chi connectivity index (χ0) is 31.3. The average molecular weight is 614 g/mol. The number of anilines is 2. The molecule has 10 heteroatoms. The molecule has 2 N–H and O–H groups in total. The summed E-state index contributed by atoms with van der Waals surface area (Å²) >= 11 is 0. The van der Waals surface area contributed by atoms with E-state index in [0.29, 0.717) is 43.3 Å². The number of carbonyl (C=O) groups excluding carboxylic acids is 2. The summed E-state index contributed by atoms with van der Waals surface area (Å²) in [7, 11) is 1.65. The van der Waals surface area contributed by atoms with Gasteiger partial charge in [0.2, 0.25) is 5.91 Å². The first-order valence-corrected chi connectivity index (χ1v) is 15.6. The summed E-state index contributed by atoms with van der Waals surface area (Å²) in [6.07, 6.45) is 3.43. The molecule has 0 unspecified atom stereocenters. The van der Waals surface area contributed by atoms with Crippen LogP contribution in [0.3, 0.4) is 0 Å². The van der Waals surface area contributed by atoms with E-state index in [1.165, 1.54) is 0 Å². The molecule has 1 saturated carbocycles. The highest BCUT2D eigenvalue weighted by Crippen LogP contribution is 2.42. The number of piperidine rings is 1. The Morgan fingerprint density at radius 3 is 2.62 bits per heavy atom. The minimum Gasteiger partial charge on any atom is -0.482 e. The van der Waals surface area contributed by atoms with Gasteiger partial charge in [0.05, 0.1) is 11.6 Å². The number of hydrogen-bond donors (Lipinski definition) is 2. The molecule has 0 aromatic heterocycles. The number of fused-ring (bicyclic) bond motifs is 1. The van der Waals surface area contributed by atoms with Crippen LogP contribution >= 0.6 is 0 Å². The van der Waals surface area contributed by atoms with Gasteiger partial charge in [0.15, 0.2) is 13.2 Å². The van der Waals surface area contributed by atoms with E-state index in [-0.39, 0.29) is 42.9 Å². The number of carbonyl (C=O) groups is 3. The minimum atomic E-state index is -1.02. The quantitative estimate of drug-likeness (QED) is 0.288. The second kappa shape index (κ2) is 13.7. The molecule has 0 bridgehead atoms. The fourth-order valence-electron chi connectivity index (χ4n) is 6.34. The number of benzene rings is 3. The Balaban J connectivity index is 1.25. The van der Waals surface area contributed by atoms with E-state index in [1.54, 1.807) is 24.1 Å². The summed E-state index contributed by atoms with van der Waals surface area (Å²) in [6.45, 7) is 2.10. The Labute approximate surface area is 262 Å². The maximum Gasteiger partial charge on any atom is 0.341 e. The SMILES string of the molecule is COCCCN1C(=O)COc2ccc(N(C(=O)[C@H]3CNCC[C@@H]3c3cccc(-c4ccc(OCC(=O)O)cc4)c3)C3CC3)cc21. The standard InChI is InChI=1S/C35H39N3O7/c1-43-17-3-16-37-31-19-27(10-13-32(31)45-21-33(37)39)38(26-8-9-26)35(42)30-20-36-15-14-29(30)25-5-2-4-24(18-25)23-6-11-28(12-7-23)44-22-34(40)41/h2,4-7,10-13,18-19,26,29-30,36H,3,8-9,14-17,20-22H2,1H3,(H,40,41)/t29-,30+/m1/s1. The van der Waals surface area contributed by atoms with Gasteiger partial charge in [-0.05, 0) is 85.2 Å². The smallest absolute Gasteiger partial charge is 0.341 e. The first-order chi connectivity index (χ1) is 21.9. The number of hydrogen-bond acceptors (Lipinski definition) is 7. The monoisotopic (exact) mass is 613 g/mol. The van der Waals surface area contributed by atoms with Crippen LogP contribution in [0.5, 0.6) is 11.5 Å². The van der Waals surface area contributed by atoms with Gasteiger partial charge in [-0.2, -0.15) is 0 Å². The molecule has 1 aliphatic carbocycles. The largest absolute Gasteiger partial charge is 0.482 e. The number of carboxylic acid groups (broad SMARTS) is 1. The third-order valence-corrected chi connectivity index (χ3v) is 8.71. The lowest BCUT2D eigenvalue weighted by Gasteiger charge is -2.36. The van der Waals surface area contributed by atoms with Crippen molar-refractivity contribution in [2.24, 2.45) is 5.92 Å². The van der Waals surface area contributed by atoms with Crippen molar-refractivity contribution in [2.75, 3.05) is 56.4 Å². The molecule has 2 heterocycles. The van der Waals surface area contributed by atoms with Gasteiger partial charge < -0.3 is 34.4 Å². The van der Waals surface area contributed by atoms with Gasteiger partial charge in [0.25, 0.3) is 5.91 Å². The Kier molecular flexibility index (Phi) is 9.32. The second-order valence-corrected chi connectivity index (χ2v) is 11.8. The minimum absolute atomic E-state index is 0.00172. The molecule has 45 heavy (non-hydrogen) atoms. The van der Waals surface area contributed by atoms with Crippen LogP contribution < -0.4 is 24.6 Å². The zero-order valence-corrected chi connectivity index (χ0v) is 25.4. The number of nitrogens with zero attached hydrogens (tertiary/aromatic N) is 2. The number of rotatable bonds is 12. The van der Waals surface area contributed by atoms with Gasteiger partial charge in [-0.1, -0.05) is 36.4 Å². The summed E-state index contributed by atoms with van der Waals surface area (Å²) in [5.41, 5.74) is 4.61. The lowest BCUT2D eigenvalue weighted by molar-refractivity contribution is -0.139. The van der Waals surface area contributed by atoms with Crippen molar-refractivity contribution in [3.63, 3.8) is 0 Å². The van der Waals surface area contributed by atoms with E-state index in [9.17, 15) is 14.4 Å². The van der Waals surface area contributed by atoms with Crippen molar-refractivity contribution in [1.82, 2.24) is 5.32 Å². The molecule has 3 aliphatic rings. The molecule has 1 saturated heterocycles.